The molecule has 1 aromatic carbocycles. The van der Waals surface area contributed by atoms with Gasteiger partial charge in [0, 0.05) is 5.57 Å². The molecule has 0 spiro atoms. The zero-order valence-corrected chi connectivity index (χ0v) is 10.8. The topological polar surface area (TPSA) is 23.8 Å². The van der Waals surface area contributed by atoms with Crippen molar-refractivity contribution >= 4 is 6.08 Å². The van der Waals surface area contributed by atoms with Gasteiger partial charge in [0.25, 0.3) is 0 Å². The average molecular weight is 213 g/mol. The van der Waals surface area contributed by atoms with E-state index >= 15 is 0 Å². The van der Waals surface area contributed by atoms with Gasteiger partial charge in [0.1, 0.15) is 0 Å². The Balaban J connectivity index is 3.26. The summed E-state index contributed by atoms with van der Waals surface area (Å²) in [4.78, 5) is 0. The highest BCUT2D eigenvalue weighted by Crippen LogP contribution is 2.25. The van der Waals surface area contributed by atoms with Crippen LogP contribution in [0, 0.1) is 25.2 Å². The number of benzene rings is 1. The molecule has 0 amide bonds. The van der Waals surface area contributed by atoms with Crippen molar-refractivity contribution in [3.63, 3.8) is 0 Å². The maximum absolute atomic E-state index is 8.76. The number of aryl methyl sites for hydroxylation is 2. The normalized spacial score (nSPS) is 11.7. The van der Waals surface area contributed by atoms with Gasteiger partial charge in [-0.15, -0.1) is 0 Å². The van der Waals surface area contributed by atoms with Crippen LogP contribution in [0.25, 0.3) is 6.08 Å². The van der Waals surface area contributed by atoms with Crippen molar-refractivity contribution in [3.8, 4) is 6.07 Å². The quantitative estimate of drug-likeness (QED) is 0.670. The lowest BCUT2D eigenvalue weighted by Gasteiger charge is -2.14. The first-order valence-electron chi connectivity index (χ1n) is 5.65. The van der Waals surface area contributed by atoms with E-state index in [0.29, 0.717) is 5.92 Å². The van der Waals surface area contributed by atoms with Gasteiger partial charge in [-0.25, -0.2) is 0 Å². The maximum atomic E-state index is 8.76. The molecule has 0 atom stereocenters. The molecule has 16 heavy (non-hydrogen) atoms. The van der Waals surface area contributed by atoms with E-state index in [1.54, 1.807) is 0 Å². The van der Waals surface area contributed by atoms with Crippen LogP contribution in [0.3, 0.4) is 0 Å². The molecule has 0 radical (unpaired) electrons. The predicted octanol–water partition coefficient (Wildman–Crippen LogP) is 4.35. The summed E-state index contributed by atoms with van der Waals surface area (Å²) in [5, 5.41) is 8.76. The molecule has 0 aliphatic heterocycles. The van der Waals surface area contributed by atoms with Crippen LogP contribution in [-0.2, 0) is 0 Å². The molecular weight excluding hydrogens is 194 g/mol. The number of nitrogens with zero attached hydrogens (tertiary/aromatic N) is 1. The summed E-state index contributed by atoms with van der Waals surface area (Å²) in [6, 6.07) is 6.46. The van der Waals surface area contributed by atoms with E-state index in [2.05, 4.69) is 45.9 Å². The SMILES string of the molecule is C/C(C#N)=C\c1cc(C)c(C(C)C)c(C)c1. The standard InChI is InChI=1S/C15H19N/c1-10(2)15-12(4)7-14(8-13(15)5)6-11(3)9-16/h6-8,10H,1-5H3/b11-6+. The number of nitriles is 1. The molecule has 1 aromatic rings. The van der Waals surface area contributed by atoms with E-state index in [-0.39, 0.29) is 0 Å². The lowest BCUT2D eigenvalue weighted by molar-refractivity contribution is 0.846. The predicted molar refractivity (Wildman–Crippen MR) is 69.3 cm³/mol. The van der Waals surface area contributed by atoms with Crippen molar-refractivity contribution in [3.05, 3.63) is 40.0 Å². The van der Waals surface area contributed by atoms with Crippen molar-refractivity contribution in [2.75, 3.05) is 0 Å². The van der Waals surface area contributed by atoms with Crippen molar-refractivity contribution in [1.29, 1.82) is 5.26 Å². The highest BCUT2D eigenvalue weighted by Gasteiger charge is 2.07. The fourth-order valence-electron chi connectivity index (χ4n) is 2.28. The molecule has 1 nitrogen and oxygen atoms in total. The molecule has 84 valence electrons. The second kappa shape index (κ2) is 4.99. The second-order valence-corrected chi connectivity index (χ2v) is 4.66. The second-order valence-electron chi connectivity index (χ2n) is 4.66. The molecule has 0 bridgehead atoms. The summed E-state index contributed by atoms with van der Waals surface area (Å²) >= 11 is 0. The average Bonchev–Trinajstić information content (AvgIpc) is 2.15. The van der Waals surface area contributed by atoms with Gasteiger partial charge in [0.05, 0.1) is 6.07 Å². The molecule has 0 N–H and O–H groups in total. The van der Waals surface area contributed by atoms with Gasteiger partial charge in [-0.1, -0.05) is 26.0 Å². The van der Waals surface area contributed by atoms with Crippen LogP contribution < -0.4 is 0 Å². The van der Waals surface area contributed by atoms with Gasteiger partial charge in [-0.3, -0.25) is 0 Å². The molecule has 0 aliphatic carbocycles. The van der Waals surface area contributed by atoms with Crippen molar-refractivity contribution < 1.29 is 0 Å². The van der Waals surface area contributed by atoms with E-state index in [1.165, 1.54) is 16.7 Å². The first-order chi connectivity index (χ1) is 7.45. The van der Waals surface area contributed by atoms with Gasteiger partial charge < -0.3 is 0 Å². The summed E-state index contributed by atoms with van der Waals surface area (Å²) in [7, 11) is 0. The molecule has 0 saturated heterocycles. The Morgan fingerprint density at radius 2 is 1.75 bits per heavy atom. The molecule has 0 aliphatic rings. The lowest BCUT2D eigenvalue weighted by Crippen LogP contribution is -1.97. The third-order valence-electron chi connectivity index (χ3n) is 2.75. The van der Waals surface area contributed by atoms with Crippen molar-refractivity contribution in [2.24, 2.45) is 0 Å². The van der Waals surface area contributed by atoms with Gasteiger partial charge in [0.2, 0.25) is 0 Å². The van der Waals surface area contributed by atoms with Crippen LogP contribution in [0.5, 0.6) is 0 Å². The molecule has 1 rings (SSSR count). The summed E-state index contributed by atoms with van der Waals surface area (Å²) in [5.74, 6) is 0.551. The Morgan fingerprint density at radius 1 is 1.25 bits per heavy atom. The fourth-order valence-corrected chi connectivity index (χ4v) is 2.28. The molecular formula is C15H19N. The zero-order valence-electron chi connectivity index (χ0n) is 10.8. The maximum Gasteiger partial charge on any atom is 0.0944 e. The van der Waals surface area contributed by atoms with Crippen LogP contribution in [0.4, 0.5) is 0 Å². The Morgan fingerprint density at radius 3 is 2.12 bits per heavy atom. The third-order valence-corrected chi connectivity index (χ3v) is 2.75. The molecule has 0 fully saturated rings. The smallest absolute Gasteiger partial charge is 0.0944 e. The molecule has 0 saturated carbocycles. The van der Waals surface area contributed by atoms with Gasteiger partial charge in [-0.2, -0.15) is 5.26 Å². The van der Waals surface area contributed by atoms with Crippen molar-refractivity contribution in [2.45, 2.75) is 40.5 Å². The van der Waals surface area contributed by atoms with Crippen LogP contribution in [-0.4, -0.2) is 0 Å². The molecule has 1 heteroatoms. The Hall–Kier alpha value is -1.55. The number of hydrogen-bond donors (Lipinski definition) is 0. The van der Waals surface area contributed by atoms with E-state index in [0.717, 1.165) is 11.1 Å². The number of rotatable bonds is 2. The van der Waals surface area contributed by atoms with Gasteiger partial charge in [-0.05, 0) is 55.0 Å². The first kappa shape index (κ1) is 12.5. The Kier molecular flexibility index (Phi) is 3.90. The first-order valence-corrected chi connectivity index (χ1v) is 5.65. The van der Waals surface area contributed by atoms with Gasteiger partial charge in [0.15, 0.2) is 0 Å². The lowest BCUT2D eigenvalue weighted by atomic mass is 9.91. The van der Waals surface area contributed by atoms with Crippen molar-refractivity contribution in [1.82, 2.24) is 0 Å². The minimum atomic E-state index is 0.551. The van der Waals surface area contributed by atoms with Crippen LogP contribution in [0.15, 0.2) is 17.7 Å². The largest absolute Gasteiger partial charge is 0.193 e. The third kappa shape index (κ3) is 2.73. The zero-order chi connectivity index (χ0) is 12.3. The molecule has 0 aromatic heterocycles. The van der Waals surface area contributed by atoms with Gasteiger partial charge >= 0.3 is 0 Å². The highest BCUT2D eigenvalue weighted by atomic mass is 14.2. The van der Waals surface area contributed by atoms with Crippen LogP contribution in [0.1, 0.15) is 48.9 Å². The van der Waals surface area contributed by atoms with Crippen LogP contribution in [0.2, 0.25) is 0 Å². The number of allylic oxidation sites excluding steroid dienone is 1. The summed E-state index contributed by atoms with van der Waals surface area (Å²) in [5.41, 5.74) is 5.92. The Bertz CT molecular complexity index is 436. The number of hydrogen-bond acceptors (Lipinski definition) is 1. The van der Waals surface area contributed by atoms with E-state index in [1.807, 2.05) is 13.0 Å². The molecule has 0 unspecified atom stereocenters. The fraction of sp³-hybridized carbons (Fsp3) is 0.400. The summed E-state index contributed by atoms with van der Waals surface area (Å²) in [6.07, 6.45) is 1.93. The van der Waals surface area contributed by atoms with E-state index < -0.39 is 0 Å². The minimum Gasteiger partial charge on any atom is -0.193 e. The Labute approximate surface area is 98.4 Å². The van der Waals surface area contributed by atoms with E-state index in [9.17, 15) is 0 Å². The summed E-state index contributed by atoms with van der Waals surface area (Å²) in [6.45, 7) is 10.5. The van der Waals surface area contributed by atoms with Crippen LogP contribution >= 0.6 is 0 Å². The summed E-state index contributed by atoms with van der Waals surface area (Å²) < 4.78 is 0. The van der Waals surface area contributed by atoms with E-state index in [4.69, 9.17) is 5.26 Å². The highest BCUT2D eigenvalue weighted by molar-refractivity contribution is 5.59. The minimum absolute atomic E-state index is 0.551. The molecule has 0 heterocycles. The monoisotopic (exact) mass is 213 g/mol.